The van der Waals surface area contributed by atoms with Crippen molar-refractivity contribution in [3.05, 3.63) is 65.0 Å². The van der Waals surface area contributed by atoms with Gasteiger partial charge in [0.25, 0.3) is 0 Å². The Morgan fingerprint density at radius 1 is 0.773 bits per heavy atom. The minimum absolute atomic E-state index is 0.667. The summed E-state index contributed by atoms with van der Waals surface area (Å²) < 4.78 is 0. The van der Waals surface area contributed by atoms with Crippen LogP contribution in [0.3, 0.4) is 0 Å². The van der Waals surface area contributed by atoms with E-state index in [0.29, 0.717) is 5.82 Å². The van der Waals surface area contributed by atoms with Crippen LogP contribution in [0.4, 0.5) is 0 Å². The molecule has 2 aromatic heterocycles. The minimum Gasteiger partial charge on any atom is -0.250 e. The molecule has 22 heavy (non-hydrogen) atoms. The number of pyridine rings is 1. The van der Waals surface area contributed by atoms with Gasteiger partial charge in [-0.2, -0.15) is 0 Å². The topological polar surface area (TPSA) is 38.7 Å². The maximum absolute atomic E-state index is 4.73. The van der Waals surface area contributed by atoms with E-state index in [0.717, 1.165) is 17.1 Å². The Morgan fingerprint density at radius 3 is 2.18 bits per heavy atom. The molecule has 0 N–H and O–H groups in total. The highest BCUT2D eigenvalue weighted by molar-refractivity contribution is 5.69. The van der Waals surface area contributed by atoms with Crippen LogP contribution in [0.2, 0.25) is 0 Å². The fourth-order valence-electron chi connectivity index (χ4n) is 2.87. The van der Waals surface area contributed by atoms with Crippen LogP contribution < -0.4 is 0 Å². The molecule has 0 aliphatic rings. The van der Waals surface area contributed by atoms with E-state index in [4.69, 9.17) is 4.98 Å². The molecule has 3 nitrogen and oxygen atoms in total. The second-order valence-electron chi connectivity index (χ2n) is 5.70. The molecule has 110 valence electrons. The van der Waals surface area contributed by atoms with Crippen molar-refractivity contribution >= 4 is 0 Å². The summed E-state index contributed by atoms with van der Waals surface area (Å²) in [5.41, 5.74) is 7.65. The number of rotatable bonds is 2. The zero-order chi connectivity index (χ0) is 15.7. The van der Waals surface area contributed by atoms with Gasteiger partial charge in [0.2, 0.25) is 0 Å². The largest absolute Gasteiger partial charge is 0.250 e. The number of hydrogen-bond donors (Lipinski definition) is 0. The molecule has 0 spiro atoms. The van der Waals surface area contributed by atoms with Gasteiger partial charge in [-0.3, -0.25) is 0 Å². The van der Waals surface area contributed by atoms with Gasteiger partial charge in [-0.05, 0) is 57.0 Å². The molecule has 0 saturated heterocycles. The molecule has 0 saturated carbocycles. The van der Waals surface area contributed by atoms with Gasteiger partial charge < -0.3 is 0 Å². The fraction of sp³-hybridized carbons (Fsp3) is 0.211. The van der Waals surface area contributed by atoms with Crippen molar-refractivity contribution in [2.24, 2.45) is 0 Å². The van der Waals surface area contributed by atoms with E-state index in [1.165, 1.54) is 22.3 Å². The number of aryl methyl sites for hydroxylation is 4. The van der Waals surface area contributed by atoms with Gasteiger partial charge in [0.15, 0.2) is 5.82 Å². The first kappa shape index (κ1) is 14.4. The van der Waals surface area contributed by atoms with E-state index in [1.54, 1.807) is 6.20 Å². The maximum atomic E-state index is 4.73. The van der Waals surface area contributed by atoms with E-state index in [2.05, 4.69) is 42.9 Å². The van der Waals surface area contributed by atoms with E-state index >= 15 is 0 Å². The summed E-state index contributed by atoms with van der Waals surface area (Å²) in [6.07, 6.45) is 1.81. The molecular weight excluding hydrogens is 270 g/mol. The molecular formula is C19H19N3. The van der Waals surface area contributed by atoms with Crippen LogP contribution in [-0.2, 0) is 0 Å². The third-order valence-corrected chi connectivity index (χ3v) is 3.71. The quantitative estimate of drug-likeness (QED) is 0.700. The van der Waals surface area contributed by atoms with Crippen molar-refractivity contribution in [3.8, 4) is 22.8 Å². The maximum Gasteiger partial charge on any atom is 0.178 e. The molecule has 0 radical (unpaired) electrons. The van der Waals surface area contributed by atoms with Crippen LogP contribution in [0.15, 0.2) is 42.6 Å². The van der Waals surface area contributed by atoms with Crippen molar-refractivity contribution in [1.29, 1.82) is 0 Å². The number of aromatic nitrogens is 3. The minimum atomic E-state index is 0.667. The summed E-state index contributed by atoms with van der Waals surface area (Å²) in [4.78, 5) is 13.6. The molecule has 0 unspecified atom stereocenters. The van der Waals surface area contributed by atoms with E-state index in [1.807, 2.05) is 31.2 Å². The van der Waals surface area contributed by atoms with Crippen LogP contribution in [0, 0.1) is 27.7 Å². The molecule has 2 heterocycles. The van der Waals surface area contributed by atoms with Gasteiger partial charge >= 0.3 is 0 Å². The third kappa shape index (κ3) is 2.75. The third-order valence-electron chi connectivity index (χ3n) is 3.71. The summed E-state index contributed by atoms with van der Waals surface area (Å²) in [7, 11) is 0. The van der Waals surface area contributed by atoms with Crippen molar-refractivity contribution in [2.75, 3.05) is 0 Å². The van der Waals surface area contributed by atoms with Crippen LogP contribution in [0.25, 0.3) is 22.8 Å². The highest BCUT2D eigenvalue weighted by Gasteiger charge is 2.10. The van der Waals surface area contributed by atoms with Gasteiger partial charge in [0.1, 0.15) is 5.69 Å². The molecule has 0 atom stereocenters. The Hall–Kier alpha value is -2.55. The molecule has 0 amide bonds. The van der Waals surface area contributed by atoms with Crippen LogP contribution in [0.1, 0.15) is 22.4 Å². The molecule has 3 heteroatoms. The Kier molecular flexibility index (Phi) is 3.72. The Labute approximate surface area is 131 Å². The summed E-state index contributed by atoms with van der Waals surface area (Å²) in [5.74, 6) is 0.667. The smallest absolute Gasteiger partial charge is 0.178 e. The predicted octanol–water partition coefficient (Wildman–Crippen LogP) is 4.44. The van der Waals surface area contributed by atoms with Gasteiger partial charge in [0.05, 0.1) is 5.69 Å². The Bertz CT molecular complexity index is 815. The van der Waals surface area contributed by atoms with E-state index < -0.39 is 0 Å². The van der Waals surface area contributed by atoms with E-state index in [9.17, 15) is 0 Å². The van der Waals surface area contributed by atoms with Gasteiger partial charge in [-0.1, -0.05) is 23.8 Å². The Balaban J connectivity index is 2.13. The lowest BCUT2D eigenvalue weighted by atomic mass is 9.97. The van der Waals surface area contributed by atoms with Gasteiger partial charge in [0, 0.05) is 17.5 Å². The zero-order valence-electron chi connectivity index (χ0n) is 13.4. The normalized spacial score (nSPS) is 10.7. The standard InChI is InChI=1S/C19H19N3/c1-12-10-13(2)18(14(3)11-12)16-8-9-20-19(22-16)17-7-5-6-15(4)21-17/h5-11H,1-4H3. The van der Waals surface area contributed by atoms with Crippen molar-refractivity contribution in [2.45, 2.75) is 27.7 Å². The summed E-state index contributed by atoms with van der Waals surface area (Å²) in [6, 6.07) is 12.2. The van der Waals surface area contributed by atoms with Crippen LogP contribution >= 0.6 is 0 Å². The molecule has 0 aliphatic heterocycles. The molecule has 1 aromatic carbocycles. The average molecular weight is 289 g/mol. The van der Waals surface area contributed by atoms with E-state index in [-0.39, 0.29) is 0 Å². The highest BCUT2D eigenvalue weighted by Crippen LogP contribution is 2.27. The number of hydrogen-bond acceptors (Lipinski definition) is 3. The Morgan fingerprint density at radius 2 is 1.50 bits per heavy atom. The second-order valence-corrected chi connectivity index (χ2v) is 5.70. The summed E-state index contributed by atoms with van der Waals surface area (Å²) in [5, 5.41) is 0. The monoisotopic (exact) mass is 289 g/mol. The molecule has 0 bridgehead atoms. The van der Waals surface area contributed by atoms with Crippen molar-refractivity contribution in [1.82, 2.24) is 15.0 Å². The van der Waals surface area contributed by atoms with Crippen molar-refractivity contribution in [3.63, 3.8) is 0 Å². The SMILES string of the molecule is Cc1cc(C)c(-c2ccnc(-c3cccc(C)n3)n2)c(C)c1. The summed E-state index contributed by atoms with van der Waals surface area (Å²) >= 11 is 0. The first-order valence-corrected chi connectivity index (χ1v) is 7.40. The average Bonchev–Trinajstić information content (AvgIpc) is 2.46. The van der Waals surface area contributed by atoms with Crippen LogP contribution in [-0.4, -0.2) is 15.0 Å². The molecule has 0 aliphatic carbocycles. The lowest BCUT2D eigenvalue weighted by Crippen LogP contribution is -1.97. The highest BCUT2D eigenvalue weighted by atomic mass is 14.9. The zero-order valence-corrected chi connectivity index (χ0v) is 13.4. The van der Waals surface area contributed by atoms with Gasteiger partial charge in [-0.25, -0.2) is 15.0 Å². The lowest BCUT2D eigenvalue weighted by Gasteiger charge is -2.11. The first-order valence-electron chi connectivity index (χ1n) is 7.40. The second kappa shape index (κ2) is 5.68. The van der Waals surface area contributed by atoms with Gasteiger partial charge in [-0.15, -0.1) is 0 Å². The van der Waals surface area contributed by atoms with Crippen molar-refractivity contribution < 1.29 is 0 Å². The number of benzene rings is 1. The molecule has 0 fully saturated rings. The predicted molar refractivity (Wildman–Crippen MR) is 89.6 cm³/mol. The molecule has 3 rings (SSSR count). The summed E-state index contributed by atoms with van der Waals surface area (Å²) in [6.45, 7) is 8.34. The number of nitrogens with zero attached hydrogens (tertiary/aromatic N) is 3. The molecule has 3 aromatic rings. The fourth-order valence-corrected chi connectivity index (χ4v) is 2.87. The van der Waals surface area contributed by atoms with Crippen LogP contribution in [0.5, 0.6) is 0 Å². The first-order chi connectivity index (χ1) is 10.5. The lowest BCUT2D eigenvalue weighted by molar-refractivity contribution is 1.11.